The molecule has 0 saturated carbocycles. The molecule has 0 radical (unpaired) electrons. The van der Waals surface area contributed by atoms with Gasteiger partial charge in [-0.1, -0.05) is 35.3 Å². The normalized spacial score (nSPS) is 14.9. The van der Waals surface area contributed by atoms with Gasteiger partial charge in [-0.05, 0) is 61.8 Å². The molecule has 1 saturated heterocycles. The highest BCUT2D eigenvalue weighted by molar-refractivity contribution is 6.36. The van der Waals surface area contributed by atoms with Crippen LogP contribution in [0.25, 0.3) is 0 Å². The van der Waals surface area contributed by atoms with Crippen LogP contribution in [0.3, 0.4) is 0 Å². The quantitative estimate of drug-likeness (QED) is 0.644. The number of hydrogen-bond acceptors (Lipinski definition) is 4. The number of benzene rings is 2. The van der Waals surface area contributed by atoms with Crippen LogP contribution in [-0.2, 0) is 4.79 Å². The second kappa shape index (κ2) is 10.7. The van der Waals surface area contributed by atoms with Crippen molar-refractivity contribution >= 4 is 35.0 Å². The maximum atomic E-state index is 12.4. The van der Waals surface area contributed by atoms with Crippen molar-refractivity contribution in [1.29, 1.82) is 0 Å². The molecule has 1 aliphatic rings. The minimum absolute atomic E-state index is 0.0490. The molecule has 0 bridgehead atoms. The number of likely N-dealkylation sites (tertiary alicyclic amines) is 1. The van der Waals surface area contributed by atoms with E-state index in [2.05, 4.69) is 15.5 Å². The van der Waals surface area contributed by atoms with Crippen LogP contribution in [0, 0.1) is 0 Å². The fourth-order valence-corrected chi connectivity index (χ4v) is 4.06. The molecule has 3 rings (SSSR count). The van der Waals surface area contributed by atoms with Gasteiger partial charge in [0.1, 0.15) is 5.75 Å². The summed E-state index contributed by atoms with van der Waals surface area (Å²) in [5.74, 6) is 0.103. The van der Waals surface area contributed by atoms with E-state index in [0.717, 1.165) is 37.2 Å². The molecule has 0 spiro atoms. The number of halogens is 2. The van der Waals surface area contributed by atoms with Crippen LogP contribution >= 0.6 is 23.2 Å². The number of nitrogens with one attached hydrogen (secondary N) is 2. The molecule has 6 nitrogen and oxygen atoms in total. The van der Waals surface area contributed by atoms with E-state index in [1.54, 1.807) is 13.2 Å². The molecule has 160 valence electrons. The van der Waals surface area contributed by atoms with Gasteiger partial charge in [0.05, 0.1) is 30.3 Å². The van der Waals surface area contributed by atoms with E-state index < -0.39 is 5.91 Å². The molecule has 1 aliphatic heterocycles. The second-order valence-electron chi connectivity index (χ2n) is 7.15. The molecule has 1 heterocycles. The molecule has 0 aliphatic carbocycles. The summed E-state index contributed by atoms with van der Waals surface area (Å²) < 4.78 is 5.34. The zero-order valence-corrected chi connectivity index (χ0v) is 18.3. The van der Waals surface area contributed by atoms with Crippen LogP contribution in [0.2, 0.25) is 10.0 Å². The van der Waals surface area contributed by atoms with Crippen molar-refractivity contribution in [2.75, 3.05) is 33.3 Å². The summed E-state index contributed by atoms with van der Waals surface area (Å²) in [6.07, 6.45) is 2.29. The Morgan fingerprint density at radius 3 is 2.57 bits per heavy atom. The molecule has 2 N–H and O–H groups in total. The number of hydrogen-bond donors (Lipinski definition) is 2. The number of carbonyl (C=O) groups is 2. The summed E-state index contributed by atoms with van der Waals surface area (Å²) in [4.78, 5) is 27.0. The number of amides is 2. The summed E-state index contributed by atoms with van der Waals surface area (Å²) in [5, 5.41) is 6.22. The summed E-state index contributed by atoms with van der Waals surface area (Å²) >= 11 is 11.9. The first-order valence-corrected chi connectivity index (χ1v) is 10.6. The highest BCUT2D eigenvalue weighted by Crippen LogP contribution is 2.27. The topological polar surface area (TPSA) is 70.7 Å². The third-order valence-corrected chi connectivity index (χ3v) is 5.69. The van der Waals surface area contributed by atoms with Crippen LogP contribution in [-0.4, -0.2) is 50.0 Å². The average Bonchev–Trinajstić information content (AvgIpc) is 3.27. The molecule has 2 amide bonds. The van der Waals surface area contributed by atoms with E-state index in [1.165, 1.54) is 12.1 Å². The molecule has 30 heavy (non-hydrogen) atoms. The summed E-state index contributed by atoms with van der Waals surface area (Å²) in [6, 6.07) is 12.6. The largest absolute Gasteiger partial charge is 0.497 e. The molecule has 1 atom stereocenters. The van der Waals surface area contributed by atoms with Crippen LogP contribution in [0.15, 0.2) is 42.5 Å². The predicted molar refractivity (Wildman–Crippen MR) is 118 cm³/mol. The zero-order valence-electron chi connectivity index (χ0n) is 16.8. The monoisotopic (exact) mass is 449 g/mol. The Hall–Kier alpha value is -2.28. The van der Waals surface area contributed by atoms with Crippen molar-refractivity contribution < 1.29 is 14.3 Å². The maximum Gasteiger partial charge on any atom is 0.253 e. The highest BCUT2D eigenvalue weighted by Gasteiger charge is 2.24. The van der Waals surface area contributed by atoms with Crippen molar-refractivity contribution in [2.24, 2.45) is 0 Å². The van der Waals surface area contributed by atoms with Crippen LogP contribution in [0.1, 0.15) is 34.8 Å². The Labute approximate surface area is 186 Å². The van der Waals surface area contributed by atoms with Gasteiger partial charge in [-0.2, -0.15) is 0 Å². The van der Waals surface area contributed by atoms with E-state index in [0.29, 0.717) is 11.6 Å². The van der Waals surface area contributed by atoms with Gasteiger partial charge in [-0.25, -0.2) is 0 Å². The van der Waals surface area contributed by atoms with Gasteiger partial charge in [0.2, 0.25) is 5.91 Å². The van der Waals surface area contributed by atoms with E-state index in [-0.39, 0.29) is 29.1 Å². The number of methoxy groups -OCH3 is 1. The number of ether oxygens (including phenoxy) is 1. The van der Waals surface area contributed by atoms with Gasteiger partial charge in [0.15, 0.2) is 0 Å². The molecule has 2 aromatic carbocycles. The Balaban J connectivity index is 1.58. The van der Waals surface area contributed by atoms with Gasteiger partial charge in [-0.3, -0.25) is 14.5 Å². The average molecular weight is 450 g/mol. The van der Waals surface area contributed by atoms with Crippen molar-refractivity contribution in [3.05, 3.63) is 63.6 Å². The number of carbonyl (C=O) groups excluding carboxylic acids is 2. The molecular formula is C22H25Cl2N3O3. The summed E-state index contributed by atoms with van der Waals surface area (Å²) in [7, 11) is 1.64. The van der Waals surface area contributed by atoms with Crippen molar-refractivity contribution in [3.63, 3.8) is 0 Å². The Morgan fingerprint density at radius 1 is 1.10 bits per heavy atom. The molecular weight excluding hydrogens is 425 g/mol. The maximum absolute atomic E-state index is 12.4. The van der Waals surface area contributed by atoms with Crippen molar-refractivity contribution in [3.8, 4) is 5.75 Å². The minimum atomic E-state index is -0.421. The molecule has 0 aromatic heterocycles. The lowest BCUT2D eigenvalue weighted by Crippen LogP contribution is -2.41. The molecule has 1 unspecified atom stereocenters. The lowest BCUT2D eigenvalue weighted by Gasteiger charge is -2.28. The highest BCUT2D eigenvalue weighted by atomic mass is 35.5. The molecule has 8 heteroatoms. The SMILES string of the molecule is COc1cccc(C(CNC(=O)CNC(=O)c2ccc(Cl)cc2Cl)N2CCCC2)c1. The Morgan fingerprint density at radius 2 is 1.87 bits per heavy atom. The lowest BCUT2D eigenvalue weighted by atomic mass is 10.0. The summed E-state index contributed by atoms with van der Waals surface area (Å²) in [5.41, 5.74) is 1.37. The van der Waals surface area contributed by atoms with Gasteiger partial charge in [0.25, 0.3) is 5.91 Å². The van der Waals surface area contributed by atoms with Gasteiger partial charge in [-0.15, -0.1) is 0 Å². The predicted octanol–water partition coefficient (Wildman–Crippen LogP) is 3.69. The first-order valence-electron chi connectivity index (χ1n) is 9.86. The Bertz CT molecular complexity index is 901. The third-order valence-electron chi connectivity index (χ3n) is 5.14. The smallest absolute Gasteiger partial charge is 0.253 e. The lowest BCUT2D eigenvalue weighted by molar-refractivity contribution is -0.120. The molecule has 1 fully saturated rings. The molecule has 2 aromatic rings. The minimum Gasteiger partial charge on any atom is -0.497 e. The third kappa shape index (κ3) is 5.88. The number of nitrogens with zero attached hydrogens (tertiary/aromatic N) is 1. The van der Waals surface area contributed by atoms with E-state index in [9.17, 15) is 9.59 Å². The van der Waals surface area contributed by atoms with Gasteiger partial charge >= 0.3 is 0 Å². The fraction of sp³-hybridized carbons (Fsp3) is 0.364. The van der Waals surface area contributed by atoms with Crippen LogP contribution in [0.5, 0.6) is 5.75 Å². The van der Waals surface area contributed by atoms with Crippen LogP contribution in [0.4, 0.5) is 0 Å². The van der Waals surface area contributed by atoms with E-state index in [4.69, 9.17) is 27.9 Å². The zero-order chi connectivity index (χ0) is 21.5. The first kappa shape index (κ1) is 22.4. The first-order chi connectivity index (χ1) is 14.5. The number of rotatable bonds is 8. The second-order valence-corrected chi connectivity index (χ2v) is 7.99. The standard InChI is InChI=1S/C22H25Cl2N3O3/c1-30-17-6-4-5-15(11-17)20(27-9-2-3-10-27)13-25-21(28)14-26-22(29)18-8-7-16(23)12-19(18)24/h4-8,11-12,20H,2-3,9-10,13-14H2,1H3,(H,25,28)(H,26,29). The fourth-order valence-electron chi connectivity index (χ4n) is 3.56. The summed E-state index contributed by atoms with van der Waals surface area (Å²) in [6.45, 7) is 2.29. The van der Waals surface area contributed by atoms with Crippen LogP contribution < -0.4 is 15.4 Å². The van der Waals surface area contributed by atoms with Gasteiger partial charge in [0, 0.05) is 11.6 Å². The Kier molecular flexibility index (Phi) is 7.96. The van der Waals surface area contributed by atoms with Crippen molar-refractivity contribution in [1.82, 2.24) is 15.5 Å². The van der Waals surface area contributed by atoms with Crippen molar-refractivity contribution in [2.45, 2.75) is 18.9 Å². The van der Waals surface area contributed by atoms with E-state index in [1.807, 2.05) is 24.3 Å². The van der Waals surface area contributed by atoms with Gasteiger partial charge < -0.3 is 15.4 Å². The van der Waals surface area contributed by atoms with E-state index >= 15 is 0 Å².